The maximum Gasteiger partial charge on any atom is 0.227 e. The lowest BCUT2D eigenvalue weighted by molar-refractivity contribution is -0.133. The smallest absolute Gasteiger partial charge is 0.227 e. The molecule has 144 valence electrons. The van der Waals surface area contributed by atoms with E-state index in [1.54, 1.807) is 6.20 Å². The van der Waals surface area contributed by atoms with Gasteiger partial charge < -0.3 is 10.2 Å². The van der Waals surface area contributed by atoms with Crippen LogP contribution in [0.1, 0.15) is 30.5 Å². The van der Waals surface area contributed by atoms with E-state index in [0.717, 1.165) is 43.6 Å². The third-order valence-electron chi connectivity index (χ3n) is 5.59. The fourth-order valence-electron chi connectivity index (χ4n) is 4.11. The number of carbonyl (C=O) groups excluding carboxylic acids is 1. The molecule has 28 heavy (non-hydrogen) atoms. The van der Waals surface area contributed by atoms with Crippen LogP contribution in [0.15, 0.2) is 66.9 Å². The van der Waals surface area contributed by atoms with Gasteiger partial charge in [0, 0.05) is 12.2 Å². The molecule has 1 N–H and O–H groups in total. The monoisotopic (exact) mass is 373 g/mol. The molecule has 0 radical (unpaired) electrons. The van der Waals surface area contributed by atoms with Gasteiger partial charge in [-0.05, 0) is 60.8 Å². The Bertz CT molecular complexity index is 912. The second kappa shape index (κ2) is 8.98. The first-order valence-electron chi connectivity index (χ1n) is 10.2. The number of rotatable bonds is 5. The van der Waals surface area contributed by atoms with Crippen molar-refractivity contribution < 1.29 is 4.79 Å². The predicted octanol–water partition coefficient (Wildman–Crippen LogP) is 3.95. The van der Waals surface area contributed by atoms with Crippen LogP contribution in [0, 0.1) is 0 Å². The highest BCUT2D eigenvalue weighted by atomic mass is 16.2. The van der Waals surface area contributed by atoms with Gasteiger partial charge >= 0.3 is 0 Å². The van der Waals surface area contributed by atoms with Gasteiger partial charge in [0.05, 0.1) is 18.7 Å². The van der Waals surface area contributed by atoms with E-state index in [9.17, 15) is 4.79 Å². The number of hydrogen-bond acceptors (Lipinski definition) is 3. The lowest BCUT2D eigenvalue weighted by atomic mass is 10.0. The Morgan fingerprint density at radius 3 is 2.75 bits per heavy atom. The van der Waals surface area contributed by atoms with Crippen molar-refractivity contribution >= 4 is 16.7 Å². The first kappa shape index (κ1) is 18.6. The normalized spacial score (nSPS) is 17.2. The fraction of sp³-hybridized carbons (Fsp3) is 0.333. The van der Waals surface area contributed by atoms with Gasteiger partial charge in [0.25, 0.3) is 0 Å². The van der Waals surface area contributed by atoms with Crippen LogP contribution < -0.4 is 5.32 Å². The van der Waals surface area contributed by atoms with Crippen molar-refractivity contribution in [3.05, 3.63) is 78.1 Å². The van der Waals surface area contributed by atoms with Crippen molar-refractivity contribution in [2.45, 2.75) is 38.3 Å². The Labute approximate surface area is 166 Å². The lowest BCUT2D eigenvalue weighted by Crippen LogP contribution is -2.41. The van der Waals surface area contributed by atoms with Gasteiger partial charge in [-0.15, -0.1) is 0 Å². The minimum atomic E-state index is 0.189. The summed E-state index contributed by atoms with van der Waals surface area (Å²) in [6, 6.07) is 20.7. The Morgan fingerprint density at radius 1 is 1.00 bits per heavy atom. The molecule has 1 aliphatic heterocycles. The molecule has 0 aliphatic carbocycles. The average molecular weight is 374 g/mol. The number of amides is 1. The summed E-state index contributed by atoms with van der Waals surface area (Å²) < 4.78 is 0. The molecule has 1 fully saturated rings. The van der Waals surface area contributed by atoms with Crippen LogP contribution in [0.5, 0.6) is 0 Å². The van der Waals surface area contributed by atoms with E-state index in [1.165, 1.54) is 10.8 Å². The third-order valence-corrected chi connectivity index (χ3v) is 5.59. The maximum absolute atomic E-state index is 13.4. The van der Waals surface area contributed by atoms with E-state index in [2.05, 4.69) is 39.5 Å². The highest BCUT2D eigenvalue weighted by molar-refractivity contribution is 5.90. The molecule has 2 aromatic carbocycles. The molecule has 2 heterocycles. The first-order chi connectivity index (χ1) is 13.8. The number of benzene rings is 2. The van der Waals surface area contributed by atoms with Crippen LogP contribution in [0.25, 0.3) is 10.8 Å². The summed E-state index contributed by atoms with van der Waals surface area (Å²) in [6.07, 6.45) is 5.37. The third kappa shape index (κ3) is 4.39. The Hall–Kier alpha value is -2.72. The molecule has 0 bridgehead atoms. The fourth-order valence-corrected chi connectivity index (χ4v) is 4.11. The van der Waals surface area contributed by atoms with Gasteiger partial charge in [0.15, 0.2) is 0 Å². The number of aromatic nitrogens is 1. The zero-order valence-electron chi connectivity index (χ0n) is 16.2. The van der Waals surface area contributed by atoms with Gasteiger partial charge in [0.2, 0.25) is 5.91 Å². The Morgan fingerprint density at radius 2 is 1.86 bits per heavy atom. The molecule has 4 heteroatoms. The SMILES string of the molecule is O=C(Cc1cccc2ccccc12)N(Cc1ccccn1)C1CCCNCC1. The topological polar surface area (TPSA) is 45.2 Å². The summed E-state index contributed by atoms with van der Waals surface area (Å²) in [4.78, 5) is 20.0. The molecule has 1 atom stereocenters. The number of nitrogens with one attached hydrogen (secondary N) is 1. The summed E-state index contributed by atoms with van der Waals surface area (Å²) in [6.45, 7) is 2.57. The van der Waals surface area contributed by atoms with E-state index in [4.69, 9.17) is 0 Å². The zero-order chi connectivity index (χ0) is 19.2. The Kier molecular flexibility index (Phi) is 5.98. The summed E-state index contributed by atoms with van der Waals surface area (Å²) in [5.74, 6) is 0.189. The van der Waals surface area contributed by atoms with Gasteiger partial charge in [-0.1, -0.05) is 48.5 Å². The van der Waals surface area contributed by atoms with Crippen molar-refractivity contribution in [3.8, 4) is 0 Å². The lowest BCUT2D eigenvalue weighted by Gasteiger charge is -2.31. The van der Waals surface area contributed by atoms with E-state index in [1.807, 2.05) is 36.4 Å². The van der Waals surface area contributed by atoms with E-state index in [0.29, 0.717) is 13.0 Å². The van der Waals surface area contributed by atoms with Crippen molar-refractivity contribution in [3.63, 3.8) is 0 Å². The summed E-state index contributed by atoms with van der Waals surface area (Å²) in [7, 11) is 0. The molecule has 3 aromatic rings. The van der Waals surface area contributed by atoms with Crippen LogP contribution in [0.2, 0.25) is 0 Å². The van der Waals surface area contributed by atoms with Crippen LogP contribution in [-0.2, 0) is 17.8 Å². The van der Waals surface area contributed by atoms with Crippen molar-refractivity contribution in [1.29, 1.82) is 0 Å². The molecule has 1 unspecified atom stereocenters. The van der Waals surface area contributed by atoms with Crippen molar-refractivity contribution in [2.24, 2.45) is 0 Å². The molecule has 1 saturated heterocycles. The van der Waals surface area contributed by atoms with Gasteiger partial charge in [0.1, 0.15) is 0 Å². The summed E-state index contributed by atoms with van der Waals surface area (Å²) >= 11 is 0. The minimum absolute atomic E-state index is 0.189. The minimum Gasteiger partial charge on any atom is -0.333 e. The van der Waals surface area contributed by atoms with Crippen molar-refractivity contribution in [1.82, 2.24) is 15.2 Å². The number of carbonyl (C=O) groups is 1. The average Bonchev–Trinajstić information content (AvgIpc) is 3.02. The largest absolute Gasteiger partial charge is 0.333 e. The van der Waals surface area contributed by atoms with E-state index < -0.39 is 0 Å². The second-order valence-corrected chi connectivity index (χ2v) is 7.49. The van der Waals surface area contributed by atoms with Crippen LogP contribution in [0.4, 0.5) is 0 Å². The molecule has 0 spiro atoms. The van der Waals surface area contributed by atoms with Gasteiger partial charge in [-0.25, -0.2) is 0 Å². The molecule has 1 aromatic heterocycles. The van der Waals surface area contributed by atoms with Crippen molar-refractivity contribution in [2.75, 3.05) is 13.1 Å². The predicted molar refractivity (Wildman–Crippen MR) is 113 cm³/mol. The molecule has 1 amide bonds. The van der Waals surface area contributed by atoms with Gasteiger partial charge in [-0.3, -0.25) is 9.78 Å². The number of fused-ring (bicyclic) bond motifs is 1. The molecular formula is C24H27N3O. The molecular weight excluding hydrogens is 346 g/mol. The van der Waals surface area contributed by atoms with Crippen LogP contribution >= 0.6 is 0 Å². The van der Waals surface area contributed by atoms with E-state index in [-0.39, 0.29) is 11.9 Å². The highest BCUT2D eigenvalue weighted by Crippen LogP contribution is 2.22. The van der Waals surface area contributed by atoms with Crippen LogP contribution in [-0.4, -0.2) is 34.9 Å². The van der Waals surface area contributed by atoms with Crippen LogP contribution in [0.3, 0.4) is 0 Å². The molecule has 0 saturated carbocycles. The standard InChI is InChI=1S/C24H27N3O/c28-24(17-20-9-5-8-19-7-1-2-12-23(19)20)27(18-21-10-3-4-15-26-21)22-11-6-14-25-16-13-22/h1-5,7-10,12,15,22,25H,6,11,13-14,16-18H2. The quantitative estimate of drug-likeness (QED) is 0.737. The second-order valence-electron chi connectivity index (χ2n) is 7.49. The number of hydrogen-bond donors (Lipinski definition) is 1. The highest BCUT2D eigenvalue weighted by Gasteiger charge is 2.25. The summed E-state index contributed by atoms with van der Waals surface area (Å²) in [5, 5.41) is 5.80. The zero-order valence-corrected chi connectivity index (χ0v) is 16.2. The summed E-state index contributed by atoms with van der Waals surface area (Å²) in [5.41, 5.74) is 2.05. The maximum atomic E-state index is 13.4. The van der Waals surface area contributed by atoms with E-state index >= 15 is 0 Å². The molecule has 1 aliphatic rings. The molecule has 4 nitrogen and oxygen atoms in total. The Balaban J connectivity index is 1.60. The van der Waals surface area contributed by atoms with Gasteiger partial charge in [-0.2, -0.15) is 0 Å². The molecule has 4 rings (SSSR count). The number of nitrogens with zero attached hydrogens (tertiary/aromatic N) is 2. The first-order valence-corrected chi connectivity index (χ1v) is 10.2. The number of pyridine rings is 1.